The highest BCUT2D eigenvalue weighted by molar-refractivity contribution is 6.25. The summed E-state index contributed by atoms with van der Waals surface area (Å²) in [5.41, 5.74) is 5.36. The van der Waals surface area contributed by atoms with E-state index in [1.807, 2.05) is 97.1 Å². The van der Waals surface area contributed by atoms with Crippen molar-refractivity contribution >= 4 is 75.8 Å². The predicted molar refractivity (Wildman–Crippen MR) is 218 cm³/mol. The van der Waals surface area contributed by atoms with Gasteiger partial charge in [0, 0.05) is 10.8 Å². The molecule has 0 N–H and O–H groups in total. The molecule has 0 bridgehead atoms. The summed E-state index contributed by atoms with van der Waals surface area (Å²) in [6, 6.07) is 40.8. The van der Waals surface area contributed by atoms with Crippen LogP contribution < -0.4 is 0 Å². The molecule has 0 fully saturated rings. The molecule has 0 saturated heterocycles. The summed E-state index contributed by atoms with van der Waals surface area (Å²) in [6.45, 7) is 0. The summed E-state index contributed by atoms with van der Waals surface area (Å²) in [6.07, 6.45) is 0. The van der Waals surface area contributed by atoms with Crippen LogP contribution in [0.15, 0.2) is 186 Å². The van der Waals surface area contributed by atoms with Gasteiger partial charge in [-0.05, 0) is 112 Å². The molecule has 0 amide bonds. The highest BCUT2D eigenvalue weighted by Gasteiger charge is 2.20. The van der Waals surface area contributed by atoms with Crippen molar-refractivity contribution in [3.05, 3.63) is 182 Å². The van der Waals surface area contributed by atoms with E-state index in [0.717, 1.165) is 65.4 Å². The predicted octanol–water partition coefficient (Wildman–Crippen LogP) is 14.4. The fourth-order valence-electron chi connectivity index (χ4n) is 8.03. The molecular formula is C50H30O. The molecule has 236 valence electrons. The van der Waals surface area contributed by atoms with Crippen LogP contribution in [0.4, 0.5) is 0 Å². The molecule has 0 spiro atoms. The highest BCUT2D eigenvalue weighted by Crippen LogP contribution is 2.47. The van der Waals surface area contributed by atoms with Crippen LogP contribution in [0.3, 0.4) is 0 Å². The molecule has 0 aliphatic heterocycles. The lowest BCUT2D eigenvalue weighted by Gasteiger charge is -2.20. The Hall–Kier alpha value is -6.70. The molecule has 1 nitrogen and oxygen atoms in total. The third kappa shape index (κ3) is 4.22. The lowest BCUT2D eigenvalue weighted by Crippen LogP contribution is -1.92. The quantitative estimate of drug-likeness (QED) is 0.173. The smallest absolute Gasteiger partial charge is 0.136 e. The summed E-state index contributed by atoms with van der Waals surface area (Å²) < 4.78 is 79.7. The minimum Gasteiger partial charge on any atom is -0.456 e. The Labute approximate surface area is 305 Å². The first-order valence-corrected chi connectivity index (χ1v) is 16.9. The number of rotatable bonds is 3. The number of benzene rings is 10. The summed E-state index contributed by atoms with van der Waals surface area (Å²) in [5.74, 6) is 0. The average Bonchev–Trinajstić information content (AvgIpc) is 3.64. The Morgan fingerprint density at radius 1 is 0.353 bits per heavy atom. The van der Waals surface area contributed by atoms with Crippen molar-refractivity contribution in [2.75, 3.05) is 0 Å². The van der Waals surface area contributed by atoms with Gasteiger partial charge in [-0.2, -0.15) is 0 Å². The molecule has 0 aliphatic carbocycles. The van der Waals surface area contributed by atoms with Crippen molar-refractivity contribution in [1.82, 2.24) is 0 Å². The van der Waals surface area contributed by atoms with Crippen LogP contribution in [0.2, 0.25) is 0 Å². The van der Waals surface area contributed by atoms with Crippen molar-refractivity contribution in [1.29, 1.82) is 0 Å². The van der Waals surface area contributed by atoms with E-state index in [9.17, 15) is 5.48 Å². The average molecular weight is 655 g/mol. The van der Waals surface area contributed by atoms with Crippen molar-refractivity contribution < 1.29 is 15.4 Å². The second-order valence-electron chi connectivity index (χ2n) is 13.0. The van der Waals surface area contributed by atoms with Gasteiger partial charge >= 0.3 is 0 Å². The van der Waals surface area contributed by atoms with Gasteiger partial charge in [-0.15, -0.1) is 0 Å². The molecule has 51 heavy (non-hydrogen) atoms. The van der Waals surface area contributed by atoms with E-state index in [4.69, 9.17) is 9.90 Å². The largest absolute Gasteiger partial charge is 0.456 e. The van der Waals surface area contributed by atoms with E-state index >= 15 is 0 Å². The van der Waals surface area contributed by atoms with Crippen molar-refractivity contribution in [3.63, 3.8) is 0 Å². The third-order valence-corrected chi connectivity index (χ3v) is 10.3. The van der Waals surface area contributed by atoms with E-state index in [1.165, 1.54) is 0 Å². The number of furan rings is 1. The second kappa shape index (κ2) is 10.9. The van der Waals surface area contributed by atoms with Crippen LogP contribution in [-0.2, 0) is 0 Å². The van der Waals surface area contributed by atoms with Gasteiger partial charge < -0.3 is 4.42 Å². The number of hydrogen-bond acceptors (Lipinski definition) is 1. The maximum atomic E-state index is 9.47. The van der Waals surface area contributed by atoms with Crippen molar-refractivity contribution in [2.45, 2.75) is 0 Å². The molecule has 11 aromatic rings. The third-order valence-electron chi connectivity index (χ3n) is 10.3. The molecule has 0 radical (unpaired) electrons. The minimum absolute atomic E-state index is 0.190. The number of fused-ring (bicyclic) bond motifs is 8. The monoisotopic (exact) mass is 654 g/mol. The molecule has 0 atom stereocenters. The lowest BCUT2D eigenvalue weighted by atomic mass is 9.83. The van der Waals surface area contributed by atoms with E-state index in [0.29, 0.717) is 22.3 Å². The van der Waals surface area contributed by atoms with Gasteiger partial charge in [-0.25, -0.2) is 0 Å². The van der Waals surface area contributed by atoms with E-state index in [2.05, 4.69) is 36.4 Å². The highest BCUT2D eigenvalue weighted by atomic mass is 16.3. The van der Waals surface area contributed by atoms with E-state index in [-0.39, 0.29) is 45.7 Å². The molecule has 11 rings (SSSR count). The fourth-order valence-corrected chi connectivity index (χ4v) is 8.03. The van der Waals surface area contributed by atoms with Crippen LogP contribution in [0, 0.1) is 0 Å². The van der Waals surface area contributed by atoms with Crippen LogP contribution in [0.1, 0.15) is 11.0 Å². The number of hydrogen-bond donors (Lipinski definition) is 0. The fraction of sp³-hybridized carbons (Fsp3) is 0. The topological polar surface area (TPSA) is 13.1 Å². The Morgan fingerprint density at radius 2 is 0.882 bits per heavy atom. The van der Waals surface area contributed by atoms with Crippen molar-refractivity contribution in [2.24, 2.45) is 0 Å². The van der Waals surface area contributed by atoms with Crippen LogP contribution in [-0.4, -0.2) is 0 Å². The first kappa shape index (κ1) is 21.4. The van der Waals surface area contributed by atoms with Gasteiger partial charge in [0.05, 0.1) is 11.0 Å². The normalized spacial score (nSPS) is 14.1. The zero-order valence-corrected chi connectivity index (χ0v) is 27.1. The van der Waals surface area contributed by atoms with Gasteiger partial charge in [0.2, 0.25) is 0 Å². The molecular weight excluding hydrogens is 617 g/mol. The first-order chi connectivity index (χ1) is 28.6. The maximum absolute atomic E-state index is 9.47. The first-order valence-electron chi connectivity index (χ1n) is 20.9. The molecule has 1 heterocycles. The molecule has 1 heteroatoms. The summed E-state index contributed by atoms with van der Waals surface area (Å²) in [4.78, 5) is 0. The Bertz CT molecular complexity index is 3580. The molecule has 0 aliphatic rings. The summed E-state index contributed by atoms with van der Waals surface area (Å²) in [5, 5.41) is 8.26. The standard InChI is InChI=1S/C50H30O/c1-2-14-33-30-47-45(29-32(33)13-1)50-38(22-11-25-46(50)51-47)35-26-27-37-34(28-35)16-10-24-40(37)49-43-20-7-5-18-41(43)48(42-19-6-8-21-44(42)49)39-23-9-15-31-12-3-4-17-36(31)39/h1-30H/i5D,6D,7D,8D,18D,19D,20D,21D. The van der Waals surface area contributed by atoms with Gasteiger partial charge in [0.15, 0.2) is 0 Å². The molecule has 0 saturated carbocycles. The molecule has 10 aromatic carbocycles. The van der Waals surface area contributed by atoms with E-state index in [1.54, 1.807) is 0 Å². The minimum atomic E-state index is -0.427. The molecule has 0 unspecified atom stereocenters. The van der Waals surface area contributed by atoms with Crippen LogP contribution in [0.25, 0.3) is 109 Å². The summed E-state index contributed by atoms with van der Waals surface area (Å²) >= 11 is 0. The van der Waals surface area contributed by atoms with Gasteiger partial charge in [0.1, 0.15) is 11.2 Å². The summed E-state index contributed by atoms with van der Waals surface area (Å²) in [7, 11) is 0. The van der Waals surface area contributed by atoms with Gasteiger partial charge in [-0.1, -0.05) is 158 Å². The SMILES string of the molecule is [2H]c1c([2H])c([2H])c2c(-c3cccc4cc(-c5cccc6oc7cc8ccccc8cc7c56)ccc34)c3c([2H])c([2H])c([2H])c([2H])c3c(-c3cccc4ccccc34)c2c1[2H]. The van der Waals surface area contributed by atoms with Gasteiger partial charge in [-0.3, -0.25) is 0 Å². The van der Waals surface area contributed by atoms with E-state index < -0.39 is 24.2 Å². The van der Waals surface area contributed by atoms with Crippen LogP contribution >= 0.6 is 0 Å². The second-order valence-corrected chi connectivity index (χ2v) is 13.0. The Kier molecular flexibility index (Phi) is 4.57. The lowest BCUT2D eigenvalue weighted by molar-refractivity contribution is 0.669. The van der Waals surface area contributed by atoms with Gasteiger partial charge in [0.25, 0.3) is 0 Å². The zero-order chi connectivity index (χ0) is 40.4. The maximum Gasteiger partial charge on any atom is 0.136 e. The van der Waals surface area contributed by atoms with Crippen LogP contribution in [0.5, 0.6) is 0 Å². The zero-order valence-electron chi connectivity index (χ0n) is 35.1. The van der Waals surface area contributed by atoms with Crippen molar-refractivity contribution in [3.8, 4) is 33.4 Å². The molecule has 1 aromatic heterocycles. The Morgan fingerprint density at radius 3 is 1.57 bits per heavy atom. The Balaban J connectivity index is 1.26.